The van der Waals surface area contributed by atoms with Crippen molar-refractivity contribution in [2.75, 3.05) is 5.32 Å². The number of amides is 1. The first kappa shape index (κ1) is 22.1. The van der Waals surface area contributed by atoms with Gasteiger partial charge in [-0.25, -0.2) is 4.39 Å². The van der Waals surface area contributed by atoms with Crippen LogP contribution in [0.5, 0.6) is 0 Å². The summed E-state index contributed by atoms with van der Waals surface area (Å²) in [6, 6.07) is 10.8. The molecule has 6 nitrogen and oxygen atoms in total. The number of aromatic nitrogens is 2. The van der Waals surface area contributed by atoms with Gasteiger partial charge in [0.1, 0.15) is 15.9 Å². The topological polar surface area (TPSA) is 77.5 Å². The van der Waals surface area contributed by atoms with Crippen LogP contribution in [0.4, 0.5) is 10.1 Å². The lowest BCUT2D eigenvalue weighted by molar-refractivity contribution is -0.605. The Hall–Kier alpha value is -3.13. The number of halogens is 4. The number of carbonyl (C=O) groups excluding carboxylic acids is 2. The predicted octanol–water partition coefficient (Wildman–Crippen LogP) is 5.08. The van der Waals surface area contributed by atoms with E-state index >= 15 is 0 Å². The zero-order valence-corrected chi connectivity index (χ0v) is 18.4. The molecule has 4 rings (SSSR count). The van der Waals surface area contributed by atoms with E-state index in [-0.39, 0.29) is 27.1 Å². The predicted molar refractivity (Wildman–Crippen MR) is 120 cm³/mol. The number of hydrogen-bond acceptors (Lipinski definition) is 3. The SMILES string of the molecule is O=C(Nc1c(Cl)c[n+]([O-])cc1Cl)C(=O)c1cc(Cc2ccc(F)cc2)n2ccc(Cl)cc12. The molecule has 1 aromatic carbocycles. The van der Waals surface area contributed by atoms with Crippen molar-refractivity contribution in [2.45, 2.75) is 6.42 Å². The van der Waals surface area contributed by atoms with E-state index < -0.39 is 11.7 Å². The Morgan fingerprint density at radius 3 is 2.34 bits per heavy atom. The molecule has 0 radical (unpaired) electrons. The second-order valence-electron chi connectivity index (χ2n) is 6.93. The highest BCUT2D eigenvalue weighted by atomic mass is 35.5. The Labute approximate surface area is 196 Å². The van der Waals surface area contributed by atoms with Crippen LogP contribution in [0.25, 0.3) is 5.52 Å². The molecule has 0 unspecified atom stereocenters. The minimum Gasteiger partial charge on any atom is -0.619 e. The van der Waals surface area contributed by atoms with Crippen molar-refractivity contribution in [3.63, 3.8) is 0 Å². The number of nitrogens with zero attached hydrogens (tertiary/aromatic N) is 2. The van der Waals surface area contributed by atoms with Gasteiger partial charge in [-0.05, 0) is 35.9 Å². The van der Waals surface area contributed by atoms with Crippen LogP contribution in [0, 0.1) is 11.0 Å². The van der Waals surface area contributed by atoms with Crippen LogP contribution >= 0.6 is 34.8 Å². The van der Waals surface area contributed by atoms with E-state index in [0.29, 0.717) is 27.4 Å². The van der Waals surface area contributed by atoms with E-state index in [2.05, 4.69) is 5.32 Å². The average Bonchev–Trinajstić information content (AvgIpc) is 3.08. The van der Waals surface area contributed by atoms with Gasteiger partial charge in [0.2, 0.25) is 12.4 Å². The number of carbonyl (C=O) groups is 2. The highest BCUT2D eigenvalue weighted by Crippen LogP contribution is 2.29. The van der Waals surface area contributed by atoms with Gasteiger partial charge in [-0.1, -0.05) is 46.9 Å². The Balaban J connectivity index is 1.70. The summed E-state index contributed by atoms with van der Waals surface area (Å²) in [7, 11) is 0. The first-order chi connectivity index (χ1) is 15.2. The third-order valence-electron chi connectivity index (χ3n) is 4.76. The number of fused-ring (bicyclic) bond motifs is 1. The molecule has 3 heterocycles. The summed E-state index contributed by atoms with van der Waals surface area (Å²) in [6.07, 6.45) is 4.07. The van der Waals surface area contributed by atoms with Crippen molar-refractivity contribution in [1.82, 2.24) is 4.40 Å². The molecule has 0 aliphatic heterocycles. The molecule has 10 heteroatoms. The number of ketones is 1. The second-order valence-corrected chi connectivity index (χ2v) is 8.18. The summed E-state index contributed by atoms with van der Waals surface area (Å²) in [4.78, 5) is 25.7. The second kappa shape index (κ2) is 8.78. The number of pyridine rings is 2. The molecule has 1 N–H and O–H groups in total. The monoisotopic (exact) mass is 491 g/mol. The van der Waals surface area contributed by atoms with Crippen molar-refractivity contribution in [2.24, 2.45) is 0 Å². The highest BCUT2D eigenvalue weighted by molar-refractivity contribution is 6.49. The van der Waals surface area contributed by atoms with E-state index in [1.807, 2.05) is 0 Å². The smallest absolute Gasteiger partial charge is 0.296 e. The summed E-state index contributed by atoms with van der Waals surface area (Å²) in [6.45, 7) is 0. The van der Waals surface area contributed by atoms with Crippen molar-refractivity contribution >= 4 is 57.7 Å². The van der Waals surface area contributed by atoms with Crippen LogP contribution in [0.3, 0.4) is 0 Å². The molecule has 0 aliphatic rings. The van der Waals surface area contributed by atoms with E-state index in [1.165, 1.54) is 12.1 Å². The van der Waals surface area contributed by atoms with Crippen molar-refractivity contribution in [3.05, 3.63) is 104 Å². The zero-order valence-electron chi connectivity index (χ0n) is 16.1. The van der Waals surface area contributed by atoms with E-state index in [9.17, 15) is 19.2 Å². The van der Waals surface area contributed by atoms with Gasteiger partial charge in [-0.15, -0.1) is 0 Å². The molecule has 32 heavy (non-hydrogen) atoms. The van der Waals surface area contributed by atoms with Crippen LogP contribution in [0.2, 0.25) is 15.1 Å². The minimum absolute atomic E-state index is 0.0492. The summed E-state index contributed by atoms with van der Waals surface area (Å²) in [5.74, 6) is -2.19. The number of benzene rings is 1. The number of anilines is 1. The van der Waals surface area contributed by atoms with Crippen molar-refractivity contribution in [1.29, 1.82) is 0 Å². The Morgan fingerprint density at radius 1 is 1.03 bits per heavy atom. The largest absolute Gasteiger partial charge is 0.619 e. The van der Waals surface area contributed by atoms with Gasteiger partial charge in [0, 0.05) is 23.3 Å². The zero-order chi connectivity index (χ0) is 23.0. The maximum absolute atomic E-state index is 13.2. The average molecular weight is 493 g/mol. The molecule has 0 atom stereocenters. The lowest BCUT2D eigenvalue weighted by Gasteiger charge is -2.08. The molecule has 0 fully saturated rings. The van der Waals surface area contributed by atoms with Gasteiger partial charge < -0.3 is 14.9 Å². The molecule has 0 spiro atoms. The molecule has 3 aromatic heterocycles. The first-order valence-corrected chi connectivity index (χ1v) is 10.3. The molecule has 0 saturated carbocycles. The summed E-state index contributed by atoms with van der Waals surface area (Å²) in [5.41, 5.74) is 2.01. The molecular weight excluding hydrogens is 480 g/mol. The molecule has 4 aromatic rings. The maximum Gasteiger partial charge on any atom is 0.296 e. The normalized spacial score (nSPS) is 11.0. The van der Waals surface area contributed by atoms with Crippen molar-refractivity contribution < 1.29 is 18.7 Å². The van der Waals surface area contributed by atoms with Crippen LogP contribution in [0.1, 0.15) is 21.6 Å². The van der Waals surface area contributed by atoms with Crippen molar-refractivity contribution in [3.8, 4) is 0 Å². The lowest BCUT2D eigenvalue weighted by atomic mass is 10.1. The van der Waals surface area contributed by atoms with Gasteiger partial charge in [0.25, 0.3) is 11.7 Å². The van der Waals surface area contributed by atoms with Crippen LogP contribution in [-0.2, 0) is 11.2 Å². The lowest BCUT2D eigenvalue weighted by Crippen LogP contribution is -2.27. The molecule has 0 bridgehead atoms. The Morgan fingerprint density at radius 2 is 1.69 bits per heavy atom. The first-order valence-electron chi connectivity index (χ1n) is 9.20. The van der Waals surface area contributed by atoms with E-state index in [4.69, 9.17) is 34.8 Å². The molecular formula is C22H13Cl3FN3O3. The van der Waals surface area contributed by atoms with Gasteiger partial charge in [-0.2, -0.15) is 4.73 Å². The summed E-state index contributed by atoms with van der Waals surface area (Å²) < 4.78 is 15.3. The fraction of sp³-hybridized carbons (Fsp3) is 0.0455. The number of hydrogen-bond donors (Lipinski definition) is 1. The van der Waals surface area contributed by atoms with E-state index in [0.717, 1.165) is 18.0 Å². The van der Waals surface area contributed by atoms with Crippen LogP contribution in [-0.4, -0.2) is 16.1 Å². The standard InChI is InChI=1S/C22H13Cl3FN3O3/c23-13-5-6-29-15(7-12-1-3-14(26)4-2-12)9-16(19(29)8-13)21(30)22(31)27-20-17(24)10-28(32)11-18(20)25/h1-6,8-11H,7H2,(H,27,31). The fourth-order valence-electron chi connectivity index (χ4n) is 3.29. The van der Waals surface area contributed by atoms with Gasteiger partial charge in [0.05, 0.1) is 16.8 Å². The third kappa shape index (κ3) is 4.41. The highest BCUT2D eigenvalue weighted by Gasteiger charge is 2.24. The molecule has 0 saturated heterocycles. The summed E-state index contributed by atoms with van der Waals surface area (Å²) in [5, 5.41) is 13.9. The van der Waals surface area contributed by atoms with Gasteiger partial charge in [0.15, 0.2) is 0 Å². The molecule has 1 amide bonds. The minimum atomic E-state index is -0.988. The Kier molecular flexibility index (Phi) is 6.06. The van der Waals surface area contributed by atoms with Gasteiger partial charge >= 0.3 is 0 Å². The van der Waals surface area contributed by atoms with Crippen LogP contribution in [0.15, 0.2) is 61.1 Å². The molecule has 0 aliphatic carbocycles. The fourth-order valence-corrected chi connectivity index (χ4v) is 3.99. The number of rotatable bonds is 5. The van der Waals surface area contributed by atoms with E-state index in [1.54, 1.807) is 40.9 Å². The third-order valence-corrected chi connectivity index (χ3v) is 5.57. The van der Waals surface area contributed by atoms with Crippen LogP contribution < -0.4 is 10.0 Å². The number of Topliss-reactive ketones (excluding diaryl/α,β-unsaturated/α-hetero) is 1. The van der Waals surface area contributed by atoms with Gasteiger partial charge in [-0.3, -0.25) is 9.59 Å². The number of nitrogens with one attached hydrogen (secondary N) is 1. The Bertz CT molecular complexity index is 1350. The maximum atomic E-state index is 13.2. The summed E-state index contributed by atoms with van der Waals surface area (Å²) >= 11 is 18.1. The molecule has 162 valence electrons. The quantitative estimate of drug-likeness (QED) is 0.183.